The van der Waals surface area contributed by atoms with Crippen LogP contribution in [0.25, 0.3) is 0 Å². The van der Waals surface area contributed by atoms with E-state index in [1.165, 1.54) is 13.2 Å². The fourth-order valence-corrected chi connectivity index (χ4v) is 3.45. The fourth-order valence-electron chi connectivity index (χ4n) is 2.91. The Morgan fingerprint density at radius 2 is 1.85 bits per heavy atom. The first-order valence-electron chi connectivity index (χ1n) is 8.11. The molecule has 26 heavy (non-hydrogen) atoms. The lowest BCUT2D eigenvalue weighted by Crippen LogP contribution is -2.33. The molecule has 0 fully saturated rings. The highest BCUT2D eigenvalue weighted by Crippen LogP contribution is 2.30. The molecule has 0 spiro atoms. The smallest absolute Gasteiger partial charge is 0.332 e. The van der Waals surface area contributed by atoms with E-state index in [1.54, 1.807) is 12.1 Å². The Hall–Kier alpha value is -2.05. The molecular formula is C18H19Cl2NO5. The van der Waals surface area contributed by atoms with E-state index in [0.717, 1.165) is 12.8 Å². The molecular weight excluding hydrogens is 381 g/mol. The van der Waals surface area contributed by atoms with Crippen molar-refractivity contribution < 1.29 is 24.2 Å². The second-order valence-corrected chi connectivity index (χ2v) is 6.79. The molecule has 0 bridgehead atoms. The zero-order valence-corrected chi connectivity index (χ0v) is 15.7. The van der Waals surface area contributed by atoms with Gasteiger partial charge in [-0.15, -0.1) is 0 Å². The quantitative estimate of drug-likeness (QED) is 0.711. The van der Waals surface area contributed by atoms with E-state index < -0.39 is 23.9 Å². The Balaban J connectivity index is 2.32. The van der Waals surface area contributed by atoms with Crippen molar-refractivity contribution in [2.75, 3.05) is 7.11 Å². The van der Waals surface area contributed by atoms with E-state index in [9.17, 15) is 19.5 Å². The Kier molecular flexibility index (Phi) is 7.06. The number of rotatable bonds is 6. The molecule has 8 heteroatoms. The number of ether oxygens (including phenoxy) is 1. The molecule has 0 aliphatic heterocycles. The van der Waals surface area contributed by atoms with E-state index in [0.29, 0.717) is 28.5 Å². The Labute approximate surface area is 161 Å². The average molecular weight is 400 g/mol. The highest BCUT2D eigenvalue weighted by Gasteiger charge is 2.27. The number of carbonyl (C=O) groups excluding carboxylic acids is 2. The van der Waals surface area contributed by atoms with E-state index in [-0.39, 0.29) is 17.6 Å². The van der Waals surface area contributed by atoms with Crippen LogP contribution in [0.4, 0.5) is 0 Å². The van der Waals surface area contributed by atoms with Gasteiger partial charge in [-0.1, -0.05) is 29.3 Å². The summed E-state index contributed by atoms with van der Waals surface area (Å²) < 4.78 is 4.69. The molecule has 1 aromatic carbocycles. The van der Waals surface area contributed by atoms with Gasteiger partial charge in [-0.25, -0.2) is 4.79 Å². The summed E-state index contributed by atoms with van der Waals surface area (Å²) in [6.45, 7) is 0. The summed E-state index contributed by atoms with van der Waals surface area (Å²) in [4.78, 5) is 35.8. The van der Waals surface area contributed by atoms with E-state index >= 15 is 0 Å². The molecule has 0 saturated heterocycles. The number of methoxy groups -OCH3 is 1. The predicted molar refractivity (Wildman–Crippen MR) is 97.1 cm³/mol. The van der Waals surface area contributed by atoms with Crippen molar-refractivity contribution in [3.05, 3.63) is 45.0 Å². The van der Waals surface area contributed by atoms with Gasteiger partial charge in [0.1, 0.15) is 0 Å². The zero-order chi connectivity index (χ0) is 19.3. The van der Waals surface area contributed by atoms with Crippen LogP contribution in [0.15, 0.2) is 29.3 Å². The number of aliphatic carboxylic acids is 1. The Bertz CT molecular complexity index is 760. The van der Waals surface area contributed by atoms with Crippen molar-refractivity contribution >= 4 is 41.0 Å². The van der Waals surface area contributed by atoms with Crippen LogP contribution in [-0.2, 0) is 19.1 Å². The molecule has 1 aliphatic rings. The van der Waals surface area contributed by atoms with Crippen LogP contribution >= 0.6 is 23.2 Å². The lowest BCUT2D eigenvalue weighted by Gasteiger charge is -2.23. The minimum Gasteiger partial charge on any atom is -0.478 e. The summed E-state index contributed by atoms with van der Waals surface area (Å²) in [5.74, 6) is -2.14. The average Bonchev–Trinajstić information content (AvgIpc) is 2.61. The molecule has 0 heterocycles. The van der Waals surface area contributed by atoms with Crippen LogP contribution in [0.1, 0.15) is 43.7 Å². The molecule has 2 N–H and O–H groups in total. The van der Waals surface area contributed by atoms with Gasteiger partial charge in [0, 0.05) is 21.2 Å². The van der Waals surface area contributed by atoms with Crippen LogP contribution < -0.4 is 5.32 Å². The highest BCUT2D eigenvalue weighted by molar-refractivity contribution is 6.35. The van der Waals surface area contributed by atoms with Crippen LogP contribution in [0, 0.1) is 0 Å². The summed E-state index contributed by atoms with van der Waals surface area (Å²) in [6.07, 6.45) is 2.06. The highest BCUT2D eigenvalue weighted by atomic mass is 35.5. The number of carboxylic acid groups (broad SMARTS) is 1. The second kappa shape index (κ2) is 9.05. The largest absolute Gasteiger partial charge is 0.478 e. The molecule has 1 aliphatic carbocycles. The third kappa shape index (κ3) is 4.99. The number of hydrogen-bond donors (Lipinski definition) is 2. The van der Waals surface area contributed by atoms with Gasteiger partial charge in [-0.2, -0.15) is 0 Å². The summed E-state index contributed by atoms with van der Waals surface area (Å²) in [7, 11) is 1.25. The predicted octanol–water partition coefficient (Wildman–Crippen LogP) is 3.67. The zero-order valence-electron chi connectivity index (χ0n) is 14.2. The number of esters is 1. The van der Waals surface area contributed by atoms with E-state index in [1.807, 2.05) is 0 Å². The molecule has 0 aromatic heterocycles. The van der Waals surface area contributed by atoms with Gasteiger partial charge in [0.25, 0.3) is 0 Å². The topological polar surface area (TPSA) is 92.7 Å². The molecule has 6 nitrogen and oxygen atoms in total. The fraction of sp³-hybridized carbons (Fsp3) is 0.389. The normalized spacial score (nSPS) is 15.3. The van der Waals surface area contributed by atoms with E-state index in [2.05, 4.69) is 10.1 Å². The molecule has 0 saturated carbocycles. The first-order valence-corrected chi connectivity index (χ1v) is 8.87. The minimum atomic E-state index is -1.09. The van der Waals surface area contributed by atoms with Crippen LogP contribution in [0.3, 0.4) is 0 Å². The lowest BCUT2D eigenvalue weighted by atomic mass is 9.90. The number of benzene rings is 1. The first-order chi connectivity index (χ1) is 12.3. The number of carbonyl (C=O) groups is 3. The van der Waals surface area contributed by atoms with Gasteiger partial charge in [0.15, 0.2) is 0 Å². The number of halogens is 2. The van der Waals surface area contributed by atoms with Crippen LogP contribution in [0.5, 0.6) is 0 Å². The monoisotopic (exact) mass is 399 g/mol. The standard InChI is InChI=1S/C18H19Cl2NO5/c1-26-16(22)9-15(13-7-6-10(19)8-14(13)20)21-17(23)11-4-2-3-5-12(11)18(24)25/h6-8,15H,2-5,9H2,1H3,(H,21,23)(H,24,25)/t15-/m1/s1. The maximum atomic E-state index is 12.7. The lowest BCUT2D eigenvalue weighted by molar-refractivity contribution is -0.141. The Morgan fingerprint density at radius 3 is 2.42 bits per heavy atom. The van der Waals surface area contributed by atoms with Crippen molar-refractivity contribution in [3.63, 3.8) is 0 Å². The summed E-state index contributed by atoms with van der Waals surface area (Å²) in [6, 6.07) is 3.97. The van der Waals surface area contributed by atoms with Gasteiger partial charge in [0.05, 0.1) is 19.6 Å². The maximum Gasteiger partial charge on any atom is 0.332 e. The SMILES string of the molecule is COC(=O)C[C@@H](NC(=O)C1=C(C(=O)O)CCCC1)c1ccc(Cl)cc1Cl. The third-order valence-electron chi connectivity index (χ3n) is 4.24. The molecule has 0 unspecified atom stereocenters. The summed E-state index contributed by atoms with van der Waals surface area (Å²) >= 11 is 12.1. The summed E-state index contributed by atoms with van der Waals surface area (Å²) in [5.41, 5.74) is 0.861. The first kappa shape index (κ1) is 20.3. The van der Waals surface area contributed by atoms with Crippen LogP contribution in [-0.4, -0.2) is 30.1 Å². The van der Waals surface area contributed by atoms with Crippen LogP contribution in [0.2, 0.25) is 10.0 Å². The molecule has 1 amide bonds. The summed E-state index contributed by atoms with van der Waals surface area (Å²) in [5, 5.41) is 12.8. The van der Waals surface area contributed by atoms with Crippen molar-refractivity contribution in [2.24, 2.45) is 0 Å². The number of nitrogens with one attached hydrogen (secondary N) is 1. The van der Waals surface area contributed by atoms with Crippen molar-refractivity contribution in [3.8, 4) is 0 Å². The van der Waals surface area contributed by atoms with Gasteiger partial charge < -0.3 is 15.2 Å². The van der Waals surface area contributed by atoms with Crippen molar-refractivity contribution in [2.45, 2.75) is 38.1 Å². The molecule has 1 atom stereocenters. The van der Waals surface area contributed by atoms with Gasteiger partial charge in [-0.05, 0) is 43.4 Å². The molecule has 2 rings (SSSR count). The van der Waals surface area contributed by atoms with Gasteiger partial charge in [0.2, 0.25) is 5.91 Å². The van der Waals surface area contributed by atoms with E-state index in [4.69, 9.17) is 23.2 Å². The molecule has 1 aromatic rings. The number of hydrogen-bond acceptors (Lipinski definition) is 4. The minimum absolute atomic E-state index is 0.118. The van der Waals surface area contributed by atoms with Gasteiger partial charge in [-0.3, -0.25) is 9.59 Å². The Morgan fingerprint density at radius 1 is 1.19 bits per heavy atom. The van der Waals surface area contributed by atoms with Crippen molar-refractivity contribution in [1.82, 2.24) is 5.32 Å². The molecule has 140 valence electrons. The molecule has 0 radical (unpaired) electrons. The number of carboxylic acids is 1. The van der Waals surface area contributed by atoms with Crippen molar-refractivity contribution in [1.29, 1.82) is 0 Å². The second-order valence-electron chi connectivity index (χ2n) is 5.94. The maximum absolute atomic E-state index is 12.7. The third-order valence-corrected chi connectivity index (χ3v) is 4.80. The van der Waals surface area contributed by atoms with Gasteiger partial charge >= 0.3 is 11.9 Å². The number of amides is 1.